The molecule has 0 saturated carbocycles. The Morgan fingerprint density at radius 2 is 1.81 bits per heavy atom. The number of rotatable bonds is 6. The van der Waals surface area contributed by atoms with Crippen LogP contribution in [0.5, 0.6) is 11.5 Å². The van der Waals surface area contributed by atoms with Crippen molar-refractivity contribution >= 4 is 44.7 Å². The number of aromatic nitrogens is 2. The molecule has 0 unspecified atom stereocenters. The lowest BCUT2D eigenvalue weighted by Crippen LogP contribution is -2.40. The molecule has 0 aliphatic rings. The fourth-order valence-electron chi connectivity index (χ4n) is 3.30. The maximum Gasteiger partial charge on any atom is 0.336 e. The number of nitrogens with zero attached hydrogens (tertiary/aromatic N) is 2. The van der Waals surface area contributed by atoms with Gasteiger partial charge in [-0.05, 0) is 47.8 Å². The number of halogens is 1. The van der Waals surface area contributed by atoms with Crippen LogP contribution in [0.4, 0.5) is 5.69 Å². The van der Waals surface area contributed by atoms with E-state index in [1.165, 1.54) is 30.1 Å². The van der Waals surface area contributed by atoms with E-state index in [0.717, 1.165) is 4.57 Å². The van der Waals surface area contributed by atoms with Crippen LogP contribution in [-0.4, -0.2) is 29.3 Å². The van der Waals surface area contributed by atoms with Crippen LogP contribution in [0.2, 0.25) is 5.02 Å². The molecule has 2 aromatic heterocycles. The number of ether oxygens (including phenoxy) is 2. The lowest BCUT2D eigenvalue weighted by molar-refractivity contribution is -0.116. The van der Waals surface area contributed by atoms with E-state index in [1.54, 1.807) is 53.9 Å². The van der Waals surface area contributed by atoms with Gasteiger partial charge in [0.2, 0.25) is 5.91 Å². The van der Waals surface area contributed by atoms with Gasteiger partial charge in [0.15, 0.2) is 0 Å². The van der Waals surface area contributed by atoms with Crippen LogP contribution in [0.3, 0.4) is 0 Å². The summed E-state index contributed by atoms with van der Waals surface area (Å²) >= 11 is 7.14. The first kappa shape index (κ1) is 21.7. The third-order valence-electron chi connectivity index (χ3n) is 4.82. The number of anilines is 1. The molecule has 0 radical (unpaired) electrons. The Morgan fingerprint density at radius 1 is 1.06 bits per heavy atom. The number of benzene rings is 2. The molecule has 0 atom stereocenters. The van der Waals surface area contributed by atoms with Crippen LogP contribution >= 0.6 is 22.9 Å². The zero-order chi connectivity index (χ0) is 22.8. The molecule has 0 fully saturated rings. The average Bonchev–Trinajstić information content (AvgIpc) is 3.28. The highest BCUT2D eigenvalue weighted by Crippen LogP contribution is 2.29. The van der Waals surface area contributed by atoms with Crippen LogP contribution in [0.25, 0.3) is 15.9 Å². The normalized spacial score (nSPS) is 10.8. The second-order valence-electron chi connectivity index (χ2n) is 6.74. The van der Waals surface area contributed by atoms with Crippen LogP contribution in [0.15, 0.2) is 63.5 Å². The van der Waals surface area contributed by atoms with Crippen LogP contribution in [-0.2, 0) is 11.3 Å². The van der Waals surface area contributed by atoms with E-state index in [9.17, 15) is 14.4 Å². The van der Waals surface area contributed by atoms with Crippen molar-refractivity contribution in [3.8, 4) is 17.2 Å². The third kappa shape index (κ3) is 4.00. The fourth-order valence-corrected chi connectivity index (χ4v) is 4.25. The number of thiophene rings is 1. The fraction of sp³-hybridized carbons (Fsp3) is 0.136. The minimum atomic E-state index is -0.629. The van der Waals surface area contributed by atoms with E-state index < -0.39 is 17.2 Å². The highest BCUT2D eigenvalue weighted by molar-refractivity contribution is 7.17. The number of amides is 1. The molecule has 4 rings (SSSR count). The van der Waals surface area contributed by atoms with Gasteiger partial charge in [-0.15, -0.1) is 11.3 Å². The predicted molar refractivity (Wildman–Crippen MR) is 125 cm³/mol. The molecule has 0 saturated heterocycles. The quantitative estimate of drug-likeness (QED) is 0.464. The Labute approximate surface area is 191 Å². The molecule has 0 aliphatic carbocycles. The molecule has 10 heteroatoms. The molecule has 2 heterocycles. The summed E-state index contributed by atoms with van der Waals surface area (Å²) in [7, 11) is 3.00. The number of carbonyl (C=O) groups excluding carboxylic acids is 1. The number of methoxy groups -OCH3 is 2. The summed E-state index contributed by atoms with van der Waals surface area (Å²) in [5.74, 6) is 0.514. The summed E-state index contributed by atoms with van der Waals surface area (Å²) < 4.78 is 13.2. The molecular weight excluding hydrogens is 454 g/mol. The van der Waals surface area contributed by atoms with Crippen molar-refractivity contribution in [3.05, 3.63) is 79.8 Å². The van der Waals surface area contributed by atoms with Gasteiger partial charge < -0.3 is 14.8 Å². The largest absolute Gasteiger partial charge is 0.497 e. The van der Waals surface area contributed by atoms with Crippen LogP contribution in [0.1, 0.15) is 0 Å². The second kappa shape index (κ2) is 8.89. The van der Waals surface area contributed by atoms with Gasteiger partial charge in [-0.3, -0.25) is 14.2 Å². The zero-order valence-electron chi connectivity index (χ0n) is 17.1. The number of fused-ring (bicyclic) bond motifs is 1. The Hall–Kier alpha value is -3.56. The summed E-state index contributed by atoms with van der Waals surface area (Å²) in [6.45, 7) is -0.305. The minimum Gasteiger partial charge on any atom is -0.497 e. The van der Waals surface area contributed by atoms with Crippen molar-refractivity contribution in [1.29, 1.82) is 0 Å². The van der Waals surface area contributed by atoms with Crippen molar-refractivity contribution in [3.63, 3.8) is 0 Å². The van der Waals surface area contributed by atoms with E-state index in [-0.39, 0.29) is 6.54 Å². The van der Waals surface area contributed by atoms with Gasteiger partial charge in [0.05, 0.1) is 31.1 Å². The highest BCUT2D eigenvalue weighted by Gasteiger charge is 2.18. The average molecular weight is 472 g/mol. The van der Waals surface area contributed by atoms with Crippen LogP contribution < -0.4 is 26.0 Å². The van der Waals surface area contributed by atoms with Gasteiger partial charge >= 0.3 is 5.69 Å². The molecule has 0 spiro atoms. The van der Waals surface area contributed by atoms with Gasteiger partial charge in [0, 0.05) is 11.1 Å². The van der Waals surface area contributed by atoms with E-state index in [0.29, 0.717) is 38.1 Å². The molecule has 1 amide bonds. The van der Waals surface area contributed by atoms with Gasteiger partial charge in [0.1, 0.15) is 22.7 Å². The Kier molecular flexibility index (Phi) is 6.02. The van der Waals surface area contributed by atoms with Crippen molar-refractivity contribution < 1.29 is 14.3 Å². The summed E-state index contributed by atoms with van der Waals surface area (Å²) in [5, 5.41) is 4.93. The lowest BCUT2D eigenvalue weighted by atomic mass is 10.2. The highest BCUT2D eigenvalue weighted by atomic mass is 35.5. The molecule has 8 nitrogen and oxygen atoms in total. The Morgan fingerprint density at radius 3 is 2.50 bits per heavy atom. The Bertz CT molecular complexity index is 1420. The maximum atomic E-state index is 13.3. The predicted octanol–water partition coefficient (Wildman–Crippen LogP) is 3.52. The molecule has 0 aliphatic heterocycles. The van der Waals surface area contributed by atoms with Gasteiger partial charge in [-0.1, -0.05) is 11.6 Å². The molecule has 4 aromatic rings. The van der Waals surface area contributed by atoms with E-state index >= 15 is 0 Å². The SMILES string of the molecule is COc1ccc(OC)c(NC(=O)Cn2c(=O)n(-c3ccc(Cl)cc3)c(=O)c3sccc32)c1. The van der Waals surface area contributed by atoms with Crippen molar-refractivity contribution in [2.24, 2.45) is 0 Å². The monoisotopic (exact) mass is 471 g/mol. The second-order valence-corrected chi connectivity index (χ2v) is 8.09. The zero-order valence-corrected chi connectivity index (χ0v) is 18.7. The first-order chi connectivity index (χ1) is 15.4. The molecular formula is C22H18ClN3O5S. The summed E-state index contributed by atoms with van der Waals surface area (Å²) in [6.07, 6.45) is 0. The molecule has 164 valence electrons. The van der Waals surface area contributed by atoms with E-state index in [4.69, 9.17) is 21.1 Å². The summed E-state index contributed by atoms with van der Waals surface area (Å²) in [4.78, 5) is 39.1. The summed E-state index contributed by atoms with van der Waals surface area (Å²) in [5.41, 5.74) is 0.0770. The third-order valence-corrected chi connectivity index (χ3v) is 5.97. The Balaban J connectivity index is 1.76. The molecule has 1 N–H and O–H groups in total. The first-order valence-electron chi connectivity index (χ1n) is 9.44. The molecule has 2 aromatic carbocycles. The topological polar surface area (TPSA) is 91.6 Å². The van der Waals surface area contributed by atoms with E-state index in [2.05, 4.69) is 5.32 Å². The van der Waals surface area contributed by atoms with Crippen molar-refractivity contribution in [2.45, 2.75) is 6.54 Å². The number of hydrogen-bond donors (Lipinski definition) is 1. The maximum absolute atomic E-state index is 13.3. The molecule has 32 heavy (non-hydrogen) atoms. The van der Waals surface area contributed by atoms with Crippen molar-refractivity contribution in [2.75, 3.05) is 19.5 Å². The lowest BCUT2D eigenvalue weighted by Gasteiger charge is -2.14. The van der Waals surface area contributed by atoms with Gasteiger partial charge in [-0.25, -0.2) is 9.36 Å². The minimum absolute atomic E-state index is 0.305. The number of nitrogens with one attached hydrogen (secondary N) is 1. The van der Waals surface area contributed by atoms with Crippen molar-refractivity contribution in [1.82, 2.24) is 9.13 Å². The van der Waals surface area contributed by atoms with Gasteiger partial charge in [0.25, 0.3) is 5.56 Å². The number of hydrogen-bond acceptors (Lipinski definition) is 6. The van der Waals surface area contributed by atoms with Gasteiger partial charge in [-0.2, -0.15) is 0 Å². The summed E-state index contributed by atoms with van der Waals surface area (Å²) in [6, 6.07) is 13.0. The molecule has 0 bridgehead atoms. The standard InChI is InChI=1S/C22H18ClN3O5S/c1-30-15-7-8-18(31-2)16(11-15)24-19(27)12-25-17-9-10-32-20(17)21(28)26(22(25)29)14-5-3-13(23)4-6-14/h3-11H,12H2,1-2H3,(H,24,27). The van der Waals surface area contributed by atoms with E-state index in [1.807, 2.05) is 0 Å². The first-order valence-corrected chi connectivity index (χ1v) is 10.7. The van der Waals surface area contributed by atoms with Crippen LogP contribution in [0, 0.1) is 0 Å². The smallest absolute Gasteiger partial charge is 0.336 e. The number of carbonyl (C=O) groups is 1.